The number of hydrogen-bond acceptors (Lipinski definition) is 11. The summed E-state index contributed by atoms with van der Waals surface area (Å²) < 4.78 is 10.1. The molecule has 0 spiro atoms. The number of nitrogens with one attached hydrogen (secondary N) is 2. The molecule has 2 N–H and O–H groups in total. The average molecular weight is 534 g/mol. The van der Waals surface area contributed by atoms with Crippen LogP contribution in [0.25, 0.3) is 0 Å². The number of ether oxygens (including phenoxy) is 2. The summed E-state index contributed by atoms with van der Waals surface area (Å²) in [5.74, 6) is -0.0141. The highest BCUT2D eigenvalue weighted by Gasteiger charge is 2.26. The Hall–Kier alpha value is -4.25. The Morgan fingerprint density at radius 2 is 1.18 bits per heavy atom. The van der Waals surface area contributed by atoms with Crippen LogP contribution in [0.1, 0.15) is 11.1 Å². The summed E-state index contributed by atoms with van der Waals surface area (Å²) in [6, 6.07) is 17.8. The van der Waals surface area contributed by atoms with Crippen molar-refractivity contribution < 1.29 is 19.1 Å². The van der Waals surface area contributed by atoms with Crippen molar-refractivity contribution in [3.05, 3.63) is 71.8 Å². The molecule has 2 atom stereocenters. The second-order valence-corrected chi connectivity index (χ2v) is 9.39. The highest BCUT2D eigenvalue weighted by Crippen LogP contribution is 2.19. The van der Waals surface area contributed by atoms with Gasteiger partial charge in [-0.2, -0.15) is 15.0 Å². The first-order valence-electron chi connectivity index (χ1n) is 12.9. The van der Waals surface area contributed by atoms with E-state index >= 15 is 0 Å². The Bertz CT molecular complexity index is 1140. The number of carbonyl (C=O) groups excluding carboxylic acids is 2. The van der Waals surface area contributed by atoms with E-state index in [1.165, 1.54) is 14.2 Å². The molecule has 1 saturated heterocycles. The zero-order valence-electron chi connectivity index (χ0n) is 22.5. The molecule has 11 nitrogen and oxygen atoms in total. The second-order valence-electron chi connectivity index (χ2n) is 9.39. The third kappa shape index (κ3) is 7.87. The number of rotatable bonds is 11. The summed E-state index contributed by atoms with van der Waals surface area (Å²) in [5.41, 5.74) is 1.92. The van der Waals surface area contributed by atoms with Gasteiger partial charge in [-0.15, -0.1) is 0 Å². The molecule has 39 heavy (non-hydrogen) atoms. The van der Waals surface area contributed by atoms with Crippen LogP contribution in [0.15, 0.2) is 60.7 Å². The fourth-order valence-electron chi connectivity index (χ4n) is 4.32. The van der Waals surface area contributed by atoms with Crippen molar-refractivity contribution >= 4 is 29.8 Å². The number of methoxy groups -OCH3 is 2. The van der Waals surface area contributed by atoms with Gasteiger partial charge in [0.25, 0.3) is 0 Å². The Labute approximate surface area is 228 Å². The number of anilines is 3. The molecule has 206 valence electrons. The maximum absolute atomic E-state index is 12.7. The topological polar surface area (TPSA) is 122 Å². The predicted octanol–water partition coefficient (Wildman–Crippen LogP) is 2.02. The molecule has 0 aliphatic carbocycles. The van der Waals surface area contributed by atoms with Crippen LogP contribution >= 0.6 is 0 Å². The van der Waals surface area contributed by atoms with Crippen LogP contribution in [0.5, 0.6) is 0 Å². The molecule has 3 aromatic rings. The molecule has 0 saturated carbocycles. The molecular formula is C28H35N7O4. The van der Waals surface area contributed by atoms with Crippen molar-refractivity contribution in [3.63, 3.8) is 0 Å². The van der Waals surface area contributed by atoms with Gasteiger partial charge in [-0.25, -0.2) is 9.59 Å². The number of carbonyl (C=O) groups is 2. The Morgan fingerprint density at radius 1 is 0.744 bits per heavy atom. The summed E-state index contributed by atoms with van der Waals surface area (Å²) in [4.78, 5) is 43.5. The highest BCUT2D eigenvalue weighted by atomic mass is 16.5. The maximum Gasteiger partial charge on any atom is 0.328 e. The fraction of sp³-hybridized carbons (Fsp3) is 0.393. The van der Waals surface area contributed by atoms with Crippen molar-refractivity contribution in [2.75, 3.05) is 63.0 Å². The summed E-state index contributed by atoms with van der Waals surface area (Å²) >= 11 is 0. The Balaban J connectivity index is 1.64. The summed E-state index contributed by atoms with van der Waals surface area (Å²) in [5, 5.41) is 6.29. The van der Waals surface area contributed by atoms with Crippen LogP contribution < -0.4 is 15.5 Å². The van der Waals surface area contributed by atoms with Gasteiger partial charge in [0.05, 0.1) is 14.2 Å². The van der Waals surface area contributed by atoms with Gasteiger partial charge in [0.2, 0.25) is 17.8 Å². The first kappa shape index (κ1) is 27.8. The van der Waals surface area contributed by atoms with Crippen molar-refractivity contribution in [2.24, 2.45) is 0 Å². The molecule has 2 aromatic carbocycles. The molecular weight excluding hydrogens is 498 g/mol. The Kier molecular flexibility index (Phi) is 9.63. The van der Waals surface area contributed by atoms with E-state index in [4.69, 9.17) is 9.47 Å². The molecule has 1 fully saturated rings. The van der Waals surface area contributed by atoms with Gasteiger partial charge >= 0.3 is 11.9 Å². The Morgan fingerprint density at radius 3 is 1.59 bits per heavy atom. The quantitative estimate of drug-likeness (QED) is 0.352. The van der Waals surface area contributed by atoms with Gasteiger partial charge in [0, 0.05) is 39.0 Å². The number of benzene rings is 2. The van der Waals surface area contributed by atoms with Crippen molar-refractivity contribution in [1.82, 2.24) is 19.9 Å². The van der Waals surface area contributed by atoms with Crippen molar-refractivity contribution in [1.29, 1.82) is 0 Å². The average Bonchev–Trinajstić information content (AvgIpc) is 2.97. The highest BCUT2D eigenvalue weighted by molar-refractivity contribution is 5.80. The molecule has 1 aromatic heterocycles. The standard InChI is InChI=1S/C28H35N7O4/c1-34-14-16-35(17-15-34)28-32-26(29-22(24(36)38-2)18-20-10-6-4-7-11-20)31-27(33-28)30-23(25(37)39-3)19-21-12-8-5-9-13-21/h4-13,22-23H,14-19H2,1-3H3,(H2,29,30,31,32,33)/t22-,23-/m0/s1. The van der Waals surface area contributed by atoms with E-state index in [1.54, 1.807) is 0 Å². The number of nitrogens with zero attached hydrogens (tertiary/aromatic N) is 5. The molecule has 1 aliphatic rings. The van der Waals surface area contributed by atoms with Crippen LogP contribution in [-0.4, -0.2) is 91.3 Å². The van der Waals surface area contributed by atoms with Crippen LogP contribution in [0.4, 0.5) is 17.8 Å². The molecule has 11 heteroatoms. The van der Waals surface area contributed by atoms with E-state index in [9.17, 15) is 9.59 Å². The third-order valence-electron chi connectivity index (χ3n) is 6.55. The normalized spacial score (nSPS) is 15.2. The lowest BCUT2D eigenvalue weighted by atomic mass is 10.1. The number of piperazine rings is 1. The molecule has 0 unspecified atom stereocenters. The number of esters is 2. The van der Waals surface area contributed by atoms with E-state index in [2.05, 4.69) is 42.4 Å². The smallest absolute Gasteiger partial charge is 0.328 e. The number of aromatic nitrogens is 3. The maximum atomic E-state index is 12.7. The first-order valence-corrected chi connectivity index (χ1v) is 12.9. The monoisotopic (exact) mass is 533 g/mol. The summed E-state index contributed by atoms with van der Waals surface area (Å²) in [6.07, 6.45) is 0.759. The van der Waals surface area contributed by atoms with Crippen molar-refractivity contribution in [3.8, 4) is 0 Å². The van der Waals surface area contributed by atoms with E-state index in [-0.39, 0.29) is 11.9 Å². The van der Waals surface area contributed by atoms with E-state index in [0.717, 1.165) is 37.3 Å². The molecule has 2 heterocycles. The van der Waals surface area contributed by atoms with Gasteiger partial charge in [0.1, 0.15) is 12.1 Å². The van der Waals surface area contributed by atoms with E-state index < -0.39 is 24.0 Å². The fourth-order valence-corrected chi connectivity index (χ4v) is 4.32. The largest absolute Gasteiger partial charge is 0.467 e. The van der Waals surface area contributed by atoms with Crippen molar-refractivity contribution in [2.45, 2.75) is 24.9 Å². The first-order chi connectivity index (χ1) is 18.9. The number of likely N-dealkylation sites (N-methyl/N-ethyl adjacent to an activating group) is 1. The summed E-state index contributed by atoms with van der Waals surface area (Å²) in [7, 11) is 4.77. The minimum Gasteiger partial charge on any atom is -0.467 e. The van der Waals surface area contributed by atoms with Gasteiger partial charge < -0.3 is 29.9 Å². The molecule has 0 amide bonds. The molecule has 1 aliphatic heterocycles. The van der Waals surface area contributed by atoms with Crippen LogP contribution in [0.2, 0.25) is 0 Å². The second kappa shape index (κ2) is 13.5. The lowest BCUT2D eigenvalue weighted by Gasteiger charge is -2.32. The van der Waals surface area contributed by atoms with Gasteiger partial charge in [-0.05, 0) is 18.2 Å². The van der Waals surface area contributed by atoms with Crippen LogP contribution in [-0.2, 0) is 31.9 Å². The number of hydrogen-bond donors (Lipinski definition) is 2. The van der Waals surface area contributed by atoms with E-state index in [1.807, 2.05) is 60.7 Å². The minimum atomic E-state index is -0.728. The van der Waals surface area contributed by atoms with Gasteiger partial charge in [-0.1, -0.05) is 60.7 Å². The zero-order chi connectivity index (χ0) is 27.6. The third-order valence-corrected chi connectivity index (χ3v) is 6.55. The molecule has 0 radical (unpaired) electrons. The van der Waals surface area contributed by atoms with Gasteiger partial charge in [-0.3, -0.25) is 0 Å². The lowest BCUT2D eigenvalue weighted by Crippen LogP contribution is -2.45. The van der Waals surface area contributed by atoms with Crippen LogP contribution in [0.3, 0.4) is 0 Å². The summed E-state index contributed by atoms with van der Waals surface area (Å²) in [6.45, 7) is 3.17. The molecule has 4 rings (SSSR count). The predicted molar refractivity (Wildman–Crippen MR) is 149 cm³/mol. The van der Waals surface area contributed by atoms with Gasteiger partial charge in [0.15, 0.2) is 0 Å². The SMILES string of the molecule is COC(=O)[C@H](Cc1ccccc1)Nc1nc(N[C@@H](Cc2ccccc2)C(=O)OC)nc(N2CCN(C)CC2)n1. The van der Waals surface area contributed by atoms with E-state index in [0.29, 0.717) is 18.8 Å². The lowest BCUT2D eigenvalue weighted by molar-refractivity contribution is -0.142. The molecule has 0 bridgehead atoms. The zero-order valence-corrected chi connectivity index (χ0v) is 22.5. The minimum absolute atomic E-state index is 0.205. The van der Waals surface area contributed by atoms with Crippen LogP contribution in [0, 0.1) is 0 Å².